The van der Waals surface area contributed by atoms with Crippen molar-refractivity contribution in [2.75, 3.05) is 4.90 Å². The molecule has 0 radical (unpaired) electrons. The maximum atomic E-state index is 6.92. The van der Waals surface area contributed by atoms with E-state index >= 15 is 0 Å². The van der Waals surface area contributed by atoms with Crippen molar-refractivity contribution in [2.24, 2.45) is 5.73 Å². The van der Waals surface area contributed by atoms with Crippen LogP contribution in [0.25, 0.3) is 49.9 Å². The molecule has 2 N–H and O–H groups in total. The SMILES string of the molecule is C=C1/C=C\C=C/C/C(C(N)c2ccccc2)=C\C=C/1n1c2ccccc2c2cc3c(cc21)N(c1ccc2ccccc2c1)c1ccccc1/C=C\C3=C. The highest BCUT2D eigenvalue weighted by Crippen LogP contribution is 2.47. The van der Waals surface area contributed by atoms with Gasteiger partial charge in [-0.1, -0.05) is 153 Å². The Balaban J connectivity index is 1.33. The number of nitrogens with two attached hydrogens (primary N) is 1. The lowest BCUT2D eigenvalue weighted by Crippen LogP contribution is -2.14. The molecule has 1 aliphatic carbocycles. The van der Waals surface area contributed by atoms with Crippen molar-refractivity contribution in [3.63, 3.8) is 0 Å². The Bertz CT molecular complexity index is 2750. The van der Waals surface area contributed by atoms with Gasteiger partial charge in [-0.25, -0.2) is 0 Å². The second-order valence-corrected chi connectivity index (χ2v) is 13.7. The minimum atomic E-state index is -0.234. The number of nitrogens with zero attached hydrogens (tertiary/aromatic N) is 2. The van der Waals surface area contributed by atoms with Gasteiger partial charge in [0, 0.05) is 22.0 Å². The van der Waals surface area contributed by atoms with Gasteiger partial charge in [0.05, 0.1) is 34.1 Å². The summed E-state index contributed by atoms with van der Waals surface area (Å²) in [4.78, 5) is 2.39. The molecule has 1 aliphatic heterocycles. The van der Waals surface area contributed by atoms with Gasteiger partial charge in [-0.15, -0.1) is 0 Å². The number of hydrogen-bond donors (Lipinski definition) is 1. The molecular weight excluding hydrogens is 643 g/mol. The van der Waals surface area contributed by atoms with Crippen molar-refractivity contribution >= 4 is 67.0 Å². The molecular formula is C50H39N3. The molecule has 6 aromatic carbocycles. The van der Waals surface area contributed by atoms with Crippen LogP contribution >= 0.6 is 0 Å². The lowest BCUT2D eigenvalue weighted by Gasteiger charge is -2.31. The van der Waals surface area contributed by atoms with Gasteiger partial charge in [0.2, 0.25) is 0 Å². The second kappa shape index (κ2) is 13.5. The Hall–Kier alpha value is -6.68. The Kier molecular flexibility index (Phi) is 8.19. The van der Waals surface area contributed by atoms with E-state index in [2.05, 4.69) is 186 Å². The summed E-state index contributed by atoms with van der Waals surface area (Å²) < 4.78 is 2.37. The van der Waals surface area contributed by atoms with Crippen LogP contribution in [0.1, 0.15) is 29.2 Å². The fourth-order valence-corrected chi connectivity index (χ4v) is 7.77. The van der Waals surface area contributed by atoms with E-state index in [1.54, 1.807) is 0 Å². The maximum Gasteiger partial charge on any atom is 0.0562 e. The lowest BCUT2D eigenvalue weighted by molar-refractivity contribution is 0.820. The molecule has 7 aromatic rings. The molecule has 1 atom stereocenters. The van der Waals surface area contributed by atoms with Crippen molar-refractivity contribution in [3.05, 3.63) is 217 Å². The summed E-state index contributed by atoms with van der Waals surface area (Å²) in [6.07, 6.45) is 17.9. The molecule has 254 valence electrons. The van der Waals surface area contributed by atoms with Gasteiger partial charge >= 0.3 is 0 Å². The van der Waals surface area contributed by atoms with Crippen LogP contribution in [0.3, 0.4) is 0 Å². The zero-order valence-corrected chi connectivity index (χ0v) is 29.5. The lowest BCUT2D eigenvalue weighted by atomic mass is 9.95. The highest BCUT2D eigenvalue weighted by Gasteiger charge is 2.25. The zero-order valence-electron chi connectivity index (χ0n) is 29.5. The minimum absolute atomic E-state index is 0.234. The molecule has 0 saturated carbocycles. The molecule has 2 aliphatic rings. The summed E-state index contributed by atoms with van der Waals surface area (Å²) in [5.41, 5.74) is 19.6. The first-order valence-electron chi connectivity index (χ1n) is 18.1. The number of aromatic nitrogens is 1. The van der Waals surface area contributed by atoms with Crippen molar-refractivity contribution in [1.29, 1.82) is 0 Å². The fraction of sp³-hybridized carbons (Fsp3) is 0.0400. The van der Waals surface area contributed by atoms with E-state index in [-0.39, 0.29) is 6.04 Å². The smallest absolute Gasteiger partial charge is 0.0562 e. The predicted molar refractivity (Wildman–Crippen MR) is 227 cm³/mol. The van der Waals surface area contributed by atoms with Gasteiger partial charge < -0.3 is 15.2 Å². The Labute approximate surface area is 310 Å². The number of anilines is 3. The van der Waals surface area contributed by atoms with Gasteiger partial charge in [-0.2, -0.15) is 0 Å². The van der Waals surface area contributed by atoms with E-state index in [9.17, 15) is 0 Å². The summed E-state index contributed by atoms with van der Waals surface area (Å²) in [7, 11) is 0. The molecule has 2 heterocycles. The summed E-state index contributed by atoms with van der Waals surface area (Å²) in [5, 5.41) is 4.72. The van der Waals surface area contributed by atoms with E-state index < -0.39 is 0 Å². The van der Waals surface area contributed by atoms with E-state index in [1.807, 2.05) is 18.2 Å². The van der Waals surface area contributed by atoms with Gasteiger partial charge in [-0.05, 0) is 87.5 Å². The Morgan fingerprint density at radius 2 is 1.36 bits per heavy atom. The number of benzene rings is 6. The molecule has 0 spiro atoms. The number of hydrogen-bond acceptors (Lipinski definition) is 2. The van der Waals surface area contributed by atoms with Crippen molar-refractivity contribution in [1.82, 2.24) is 4.57 Å². The first kappa shape index (κ1) is 32.2. The molecule has 0 bridgehead atoms. The van der Waals surface area contributed by atoms with Gasteiger partial charge in [0.15, 0.2) is 0 Å². The Morgan fingerprint density at radius 3 is 2.25 bits per heavy atom. The average molecular weight is 682 g/mol. The number of allylic oxidation sites excluding steroid dienone is 10. The molecule has 9 rings (SSSR count). The molecule has 0 amide bonds. The van der Waals surface area contributed by atoms with Crippen LogP contribution in [0.15, 0.2) is 200 Å². The van der Waals surface area contributed by atoms with Gasteiger partial charge in [-0.3, -0.25) is 0 Å². The fourth-order valence-electron chi connectivity index (χ4n) is 7.77. The average Bonchev–Trinajstić information content (AvgIpc) is 3.51. The Morgan fingerprint density at radius 1 is 0.585 bits per heavy atom. The van der Waals surface area contributed by atoms with Gasteiger partial charge in [0.25, 0.3) is 0 Å². The van der Waals surface area contributed by atoms with E-state index in [1.165, 1.54) is 16.2 Å². The van der Waals surface area contributed by atoms with Crippen molar-refractivity contribution < 1.29 is 0 Å². The second-order valence-electron chi connectivity index (χ2n) is 13.7. The molecule has 3 nitrogen and oxygen atoms in total. The maximum absolute atomic E-state index is 6.92. The molecule has 53 heavy (non-hydrogen) atoms. The number of para-hydroxylation sites is 2. The van der Waals surface area contributed by atoms with Crippen molar-refractivity contribution in [3.8, 4) is 0 Å². The summed E-state index contributed by atoms with van der Waals surface area (Å²) in [5.74, 6) is 0. The van der Waals surface area contributed by atoms with Gasteiger partial charge in [0.1, 0.15) is 0 Å². The van der Waals surface area contributed by atoms with Crippen LogP contribution in [0.5, 0.6) is 0 Å². The normalized spacial score (nSPS) is 18.9. The summed E-state index contributed by atoms with van der Waals surface area (Å²) in [6.45, 7) is 9.23. The van der Waals surface area contributed by atoms with Crippen LogP contribution in [0.4, 0.5) is 17.1 Å². The number of rotatable bonds is 4. The number of fused-ring (bicyclic) bond motifs is 6. The first-order valence-corrected chi connectivity index (χ1v) is 18.1. The van der Waals surface area contributed by atoms with E-state index in [4.69, 9.17) is 5.73 Å². The van der Waals surface area contributed by atoms with Crippen molar-refractivity contribution in [2.45, 2.75) is 12.5 Å². The molecule has 1 unspecified atom stereocenters. The third-order valence-corrected chi connectivity index (χ3v) is 10.5. The largest absolute Gasteiger partial charge is 0.321 e. The van der Waals surface area contributed by atoms with Crippen LogP contribution < -0.4 is 10.6 Å². The summed E-state index contributed by atoms with van der Waals surface area (Å²) >= 11 is 0. The topological polar surface area (TPSA) is 34.2 Å². The third-order valence-electron chi connectivity index (χ3n) is 10.5. The monoisotopic (exact) mass is 681 g/mol. The minimum Gasteiger partial charge on any atom is -0.321 e. The standard InChI is InChI=1S/C50H39N3/c1-34-25-26-37-17-11-13-23-46(37)52(41-29-27-36-16-9-10-21-40(36)31-41)48-33-49-44(32-43(34)48)42-22-12-14-24-47(42)53(49)45-30-28-39(20-6-3-5-15-35(45)2)50(51)38-18-7-4-8-19-38/h3-19,21-33,50H,1-2,20,51H2/b6-3-,15-5-,26-25-,39-28+,45-30+. The zero-order chi connectivity index (χ0) is 35.9. The molecule has 0 fully saturated rings. The van der Waals surface area contributed by atoms with Crippen LogP contribution in [0.2, 0.25) is 0 Å². The van der Waals surface area contributed by atoms with Crippen LogP contribution in [0, 0.1) is 0 Å². The first-order chi connectivity index (χ1) is 26.0. The third kappa shape index (κ3) is 5.78. The predicted octanol–water partition coefficient (Wildman–Crippen LogP) is 13.0. The molecule has 0 saturated heterocycles. The molecule has 3 heteroatoms. The quantitative estimate of drug-likeness (QED) is 0.201. The summed E-state index contributed by atoms with van der Waals surface area (Å²) in [6, 6.07) is 47.3. The molecule has 1 aromatic heterocycles. The van der Waals surface area contributed by atoms with E-state index in [0.29, 0.717) is 0 Å². The highest BCUT2D eigenvalue weighted by atomic mass is 15.2. The van der Waals surface area contributed by atoms with E-state index in [0.717, 1.165) is 79.0 Å². The van der Waals surface area contributed by atoms with Crippen LogP contribution in [-0.4, -0.2) is 4.57 Å². The van der Waals surface area contributed by atoms with Crippen LogP contribution in [-0.2, 0) is 0 Å². The highest BCUT2D eigenvalue weighted by molar-refractivity contribution is 6.14.